The molecule has 0 N–H and O–H groups in total. The van der Waals surface area contributed by atoms with E-state index in [1.54, 1.807) is 6.07 Å². The van der Waals surface area contributed by atoms with E-state index in [9.17, 15) is 4.79 Å². The third kappa shape index (κ3) is 3.35. The van der Waals surface area contributed by atoms with Crippen molar-refractivity contribution >= 4 is 17.4 Å². The van der Waals surface area contributed by atoms with E-state index in [1.807, 2.05) is 19.1 Å². The van der Waals surface area contributed by atoms with Crippen molar-refractivity contribution in [1.82, 2.24) is 0 Å². The van der Waals surface area contributed by atoms with Crippen LogP contribution in [0.3, 0.4) is 0 Å². The summed E-state index contributed by atoms with van der Waals surface area (Å²) in [6.07, 6.45) is 0.525. The van der Waals surface area contributed by atoms with E-state index >= 15 is 0 Å². The van der Waals surface area contributed by atoms with Gasteiger partial charge in [0.15, 0.2) is 5.78 Å². The monoisotopic (exact) mass is 224 g/mol. The number of halogens is 1. The molecule has 1 aromatic rings. The van der Waals surface area contributed by atoms with Crippen molar-refractivity contribution in [2.75, 3.05) is 0 Å². The smallest absolute Gasteiger partial charge is 0.165 e. The standard InChI is InChI=1S/C13H17ClO/c1-9-6-5-7-10(14)12(9)11(15)8-13(2,3)4/h5-7H,8H2,1-4H3. The largest absolute Gasteiger partial charge is 0.294 e. The normalized spacial score (nSPS) is 11.5. The van der Waals surface area contributed by atoms with Crippen LogP contribution >= 0.6 is 11.6 Å². The molecule has 1 aromatic carbocycles. The Balaban J connectivity index is 3.02. The van der Waals surface area contributed by atoms with Crippen LogP contribution in [0.1, 0.15) is 43.1 Å². The Bertz CT molecular complexity index is 354. The maximum Gasteiger partial charge on any atom is 0.165 e. The summed E-state index contributed by atoms with van der Waals surface area (Å²) in [6, 6.07) is 5.55. The van der Waals surface area contributed by atoms with Gasteiger partial charge in [-0.2, -0.15) is 0 Å². The average Bonchev–Trinajstić information content (AvgIpc) is 1.99. The lowest BCUT2D eigenvalue weighted by Gasteiger charge is -2.18. The Hall–Kier alpha value is -0.820. The summed E-state index contributed by atoms with van der Waals surface area (Å²) in [5, 5.41) is 0.559. The third-order valence-corrected chi connectivity index (χ3v) is 2.51. The molecule has 0 spiro atoms. The van der Waals surface area contributed by atoms with Gasteiger partial charge in [-0.1, -0.05) is 44.5 Å². The Labute approximate surface area is 96.5 Å². The molecule has 82 valence electrons. The summed E-state index contributed by atoms with van der Waals surface area (Å²) in [5.41, 5.74) is 1.63. The highest BCUT2D eigenvalue weighted by atomic mass is 35.5. The second-order valence-corrected chi connectivity index (χ2v) is 5.50. The highest BCUT2D eigenvalue weighted by molar-refractivity contribution is 6.34. The van der Waals surface area contributed by atoms with Crippen molar-refractivity contribution in [2.45, 2.75) is 34.1 Å². The van der Waals surface area contributed by atoms with Crippen molar-refractivity contribution in [3.63, 3.8) is 0 Å². The van der Waals surface area contributed by atoms with Gasteiger partial charge in [0.2, 0.25) is 0 Å². The number of benzene rings is 1. The maximum absolute atomic E-state index is 12.0. The maximum atomic E-state index is 12.0. The van der Waals surface area contributed by atoms with Crippen LogP contribution in [0.5, 0.6) is 0 Å². The molecule has 0 atom stereocenters. The summed E-state index contributed by atoms with van der Waals surface area (Å²) in [4.78, 5) is 12.0. The molecule has 0 amide bonds. The van der Waals surface area contributed by atoms with Gasteiger partial charge in [-0.15, -0.1) is 0 Å². The van der Waals surface area contributed by atoms with E-state index in [-0.39, 0.29) is 11.2 Å². The Morgan fingerprint density at radius 1 is 1.33 bits per heavy atom. The van der Waals surface area contributed by atoms with Crippen LogP contribution in [0.2, 0.25) is 5.02 Å². The number of hydrogen-bond acceptors (Lipinski definition) is 1. The van der Waals surface area contributed by atoms with Crippen molar-refractivity contribution in [3.8, 4) is 0 Å². The van der Waals surface area contributed by atoms with Gasteiger partial charge in [-0.3, -0.25) is 4.79 Å². The Morgan fingerprint density at radius 3 is 2.40 bits per heavy atom. The van der Waals surface area contributed by atoms with E-state index < -0.39 is 0 Å². The molecule has 0 bridgehead atoms. The van der Waals surface area contributed by atoms with E-state index in [0.29, 0.717) is 17.0 Å². The minimum absolute atomic E-state index is 0.00267. The molecule has 0 unspecified atom stereocenters. The van der Waals surface area contributed by atoms with Crippen LogP contribution in [-0.2, 0) is 0 Å². The number of hydrogen-bond donors (Lipinski definition) is 0. The summed E-state index contributed by atoms with van der Waals surface area (Å²) < 4.78 is 0. The van der Waals surface area contributed by atoms with E-state index in [4.69, 9.17) is 11.6 Å². The van der Waals surface area contributed by atoms with Gasteiger partial charge in [0.25, 0.3) is 0 Å². The molecule has 1 nitrogen and oxygen atoms in total. The lowest BCUT2D eigenvalue weighted by atomic mass is 9.87. The van der Waals surface area contributed by atoms with Gasteiger partial charge >= 0.3 is 0 Å². The van der Waals surface area contributed by atoms with Crippen LogP contribution in [0.25, 0.3) is 0 Å². The van der Waals surface area contributed by atoms with Crippen molar-refractivity contribution < 1.29 is 4.79 Å². The van der Waals surface area contributed by atoms with Crippen LogP contribution < -0.4 is 0 Å². The van der Waals surface area contributed by atoms with Gasteiger partial charge < -0.3 is 0 Å². The molecule has 2 heteroatoms. The number of aryl methyl sites for hydroxylation is 1. The highest BCUT2D eigenvalue weighted by Gasteiger charge is 2.20. The van der Waals surface area contributed by atoms with E-state index in [0.717, 1.165) is 5.56 Å². The summed E-state index contributed by atoms with van der Waals surface area (Å²) in [7, 11) is 0. The first-order valence-electron chi connectivity index (χ1n) is 5.09. The third-order valence-electron chi connectivity index (χ3n) is 2.19. The Morgan fingerprint density at radius 2 is 1.93 bits per heavy atom. The quantitative estimate of drug-likeness (QED) is 0.686. The molecular weight excluding hydrogens is 208 g/mol. The van der Waals surface area contributed by atoms with E-state index in [1.165, 1.54) is 0 Å². The zero-order valence-electron chi connectivity index (χ0n) is 9.73. The molecule has 0 saturated carbocycles. The van der Waals surface area contributed by atoms with Gasteiger partial charge in [-0.25, -0.2) is 0 Å². The first kappa shape index (κ1) is 12.3. The predicted octanol–water partition coefficient (Wildman–Crippen LogP) is 4.27. The zero-order valence-corrected chi connectivity index (χ0v) is 10.5. The van der Waals surface area contributed by atoms with Crippen molar-refractivity contribution in [1.29, 1.82) is 0 Å². The Kier molecular flexibility index (Phi) is 3.56. The molecule has 0 heterocycles. The molecule has 0 fully saturated rings. The number of carbonyl (C=O) groups excluding carboxylic acids is 1. The predicted molar refractivity (Wildman–Crippen MR) is 64.6 cm³/mol. The second kappa shape index (κ2) is 4.36. The summed E-state index contributed by atoms with van der Waals surface area (Å²) in [6.45, 7) is 8.08. The van der Waals surface area contributed by atoms with Gasteiger partial charge in [-0.05, 0) is 24.0 Å². The fourth-order valence-corrected chi connectivity index (χ4v) is 1.88. The molecule has 0 aliphatic heterocycles. The summed E-state index contributed by atoms with van der Waals surface area (Å²) >= 11 is 6.03. The first-order valence-corrected chi connectivity index (χ1v) is 5.47. The van der Waals surface area contributed by atoms with Crippen LogP contribution in [0.4, 0.5) is 0 Å². The number of carbonyl (C=O) groups is 1. The minimum atomic E-state index is 0.00267. The van der Waals surface area contributed by atoms with Crippen molar-refractivity contribution in [2.24, 2.45) is 5.41 Å². The van der Waals surface area contributed by atoms with Crippen LogP contribution in [0, 0.1) is 12.3 Å². The number of ketones is 1. The molecule has 0 saturated heterocycles. The molecular formula is C13H17ClO. The molecule has 15 heavy (non-hydrogen) atoms. The molecule has 0 aromatic heterocycles. The first-order chi connectivity index (χ1) is 6.81. The van der Waals surface area contributed by atoms with Gasteiger partial charge in [0.1, 0.15) is 0 Å². The minimum Gasteiger partial charge on any atom is -0.294 e. The molecule has 0 radical (unpaired) electrons. The van der Waals surface area contributed by atoms with Crippen LogP contribution in [-0.4, -0.2) is 5.78 Å². The second-order valence-electron chi connectivity index (χ2n) is 5.09. The van der Waals surface area contributed by atoms with Gasteiger partial charge in [0, 0.05) is 12.0 Å². The summed E-state index contributed by atoms with van der Waals surface area (Å²) in [5.74, 6) is 0.130. The van der Waals surface area contributed by atoms with Crippen LogP contribution in [0.15, 0.2) is 18.2 Å². The molecule has 0 aliphatic rings. The lowest BCUT2D eigenvalue weighted by molar-refractivity contribution is 0.0939. The highest BCUT2D eigenvalue weighted by Crippen LogP contribution is 2.26. The fraction of sp³-hybridized carbons (Fsp3) is 0.462. The zero-order chi connectivity index (χ0) is 11.6. The molecule has 0 aliphatic carbocycles. The number of Topliss-reactive ketones (excluding diaryl/α,β-unsaturated/α-hetero) is 1. The molecule has 1 rings (SSSR count). The van der Waals surface area contributed by atoms with Crippen molar-refractivity contribution in [3.05, 3.63) is 34.3 Å². The topological polar surface area (TPSA) is 17.1 Å². The fourth-order valence-electron chi connectivity index (χ4n) is 1.56. The number of rotatable bonds is 2. The average molecular weight is 225 g/mol. The lowest BCUT2D eigenvalue weighted by Crippen LogP contribution is -2.14. The van der Waals surface area contributed by atoms with E-state index in [2.05, 4.69) is 20.8 Å². The SMILES string of the molecule is Cc1cccc(Cl)c1C(=O)CC(C)(C)C. The van der Waals surface area contributed by atoms with Gasteiger partial charge in [0.05, 0.1) is 5.02 Å².